The molecule has 2 rings (SSSR count). The second-order valence-electron chi connectivity index (χ2n) is 6.41. The molecule has 2 aliphatic heterocycles. The summed E-state index contributed by atoms with van der Waals surface area (Å²) < 4.78 is 5.37. The van der Waals surface area contributed by atoms with E-state index in [9.17, 15) is 4.79 Å². The smallest absolute Gasteiger partial charge is 0.221 e. The van der Waals surface area contributed by atoms with Crippen molar-refractivity contribution in [3.63, 3.8) is 0 Å². The Labute approximate surface area is 122 Å². The molecule has 0 spiro atoms. The maximum Gasteiger partial charge on any atom is 0.221 e. The number of carbonyl (C=O) groups excluding carboxylic acids is 1. The third-order valence-corrected chi connectivity index (χ3v) is 4.11. The van der Waals surface area contributed by atoms with Crippen molar-refractivity contribution in [3.05, 3.63) is 0 Å². The van der Waals surface area contributed by atoms with Crippen molar-refractivity contribution >= 4 is 5.91 Å². The van der Waals surface area contributed by atoms with Gasteiger partial charge in [-0.15, -0.1) is 0 Å². The molecule has 20 heavy (non-hydrogen) atoms. The van der Waals surface area contributed by atoms with Crippen LogP contribution in [-0.2, 0) is 9.53 Å². The Morgan fingerprint density at radius 3 is 3.10 bits per heavy atom. The predicted molar refractivity (Wildman–Crippen MR) is 79.7 cm³/mol. The van der Waals surface area contributed by atoms with Crippen molar-refractivity contribution in [2.24, 2.45) is 5.92 Å². The monoisotopic (exact) mass is 283 g/mol. The maximum atomic E-state index is 12.0. The molecule has 3 unspecified atom stereocenters. The van der Waals surface area contributed by atoms with E-state index in [0.717, 1.165) is 32.2 Å². The standard InChI is InChI=1S/C15H29N3O2/c1-12-4-3-6-18(9-12)10-13(2)17-15(19)8-14-11-20-7-5-16-14/h12-14,16H,3-11H2,1-2H3,(H,17,19). The summed E-state index contributed by atoms with van der Waals surface area (Å²) >= 11 is 0. The van der Waals surface area contributed by atoms with Crippen LogP contribution >= 0.6 is 0 Å². The van der Waals surface area contributed by atoms with Gasteiger partial charge in [-0.25, -0.2) is 0 Å². The van der Waals surface area contributed by atoms with Crippen LogP contribution in [0.15, 0.2) is 0 Å². The van der Waals surface area contributed by atoms with Gasteiger partial charge in [0.15, 0.2) is 0 Å². The van der Waals surface area contributed by atoms with Gasteiger partial charge < -0.3 is 20.3 Å². The molecule has 5 heteroatoms. The van der Waals surface area contributed by atoms with E-state index in [1.54, 1.807) is 0 Å². The highest BCUT2D eigenvalue weighted by atomic mass is 16.5. The van der Waals surface area contributed by atoms with Crippen LogP contribution < -0.4 is 10.6 Å². The summed E-state index contributed by atoms with van der Waals surface area (Å²) in [5.74, 6) is 0.917. The molecule has 0 saturated carbocycles. The van der Waals surface area contributed by atoms with E-state index in [4.69, 9.17) is 4.74 Å². The van der Waals surface area contributed by atoms with Crippen LogP contribution in [0.5, 0.6) is 0 Å². The highest BCUT2D eigenvalue weighted by molar-refractivity contribution is 5.76. The Hall–Kier alpha value is -0.650. The first-order chi connectivity index (χ1) is 9.63. The number of nitrogens with zero attached hydrogens (tertiary/aromatic N) is 1. The van der Waals surface area contributed by atoms with Crippen LogP contribution in [0.2, 0.25) is 0 Å². The fraction of sp³-hybridized carbons (Fsp3) is 0.933. The van der Waals surface area contributed by atoms with Gasteiger partial charge >= 0.3 is 0 Å². The van der Waals surface area contributed by atoms with Crippen molar-refractivity contribution in [3.8, 4) is 0 Å². The molecule has 2 N–H and O–H groups in total. The molecular weight excluding hydrogens is 254 g/mol. The van der Waals surface area contributed by atoms with Gasteiger partial charge in [0, 0.05) is 38.1 Å². The third kappa shape index (κ3) is 5.38. The van der Waals surface area contributed by atoms with E-state index in [1.165, 1.54) is 19.4 Å². The Morgan fingerprint density at radius 1 is 1.55 bits per heavy atom. The lowest BCUT2D eigenvalue weighted by Gasteiger charge is -2.33. The summed E-state index contributed by atoms with van der Waals surface area (Å²) in [5, 5.41) is 6.43. The lowest BCUT2D eigenvalue weighted by Crippen LogP contribution is -2.48. The first-order valence-corrected chi connectivity index (χ1v) is 7.96. The molecular formula is C15H29N3O2. The number of hydrogen-bond acceptors (Lipinski definition) is 4. The molecule has 1 amide bonds. The molecule has 0 radical (unpaired) electrons. The molecule has 2 saturated heterocycles. The highest BCUT2D eigenvalue weighted by Gasteiger charge is 2.21. The third-order valence-electron chi connectivity index (χ3n) is 4.11. The molecule has 3 atom stereocenters. The number of carbonyl (C=O) groups is 1. The first kappa shape index (κ1) is 15.7. The minimum absolute atomic E-state index is 0.130. The summed E-state index contributed by atoms with van der Waals surface area (Å²) in [7, 11) is 0. The number of piperidine rings is 1. The fourth-order valence-electron chi connectivity index (χ4n) is 3.19. The number of likely N-dealkylation sites (tertiary alicyclic amines) is 1. The zero-order valence-electron chi connectivity index (χ0n) is 12.9. The second kappa shape index (κ2) is 7.96. The molecule has 2 fully saturated rings. The summed E-state index contributed by atoms with van der Waals surface area (Å²) in [6.45, 7) is 9.95. The van der Waals surface area contributed by atoms with Crippen molar-refractivity contribution in [2.45, 2.75) is 45.2 Å². The van der Waals surface area contributed by atoms with Crippen molar-refractivity contribution in [1.82, 2.24) is 15.5 Å². The SMILES string of the molecule is CC1CCCN(CC(C)NC(=O)CC2COCCN2)C1. The van der Waals surface area contributed by atoms with Gasteiger partial charge in [0.2, 0.25) is 5.91 Å². The molecule has 116 valence electrons. The molecule has 5 nitrogen and oxygen atoms in total. The zero-order valence-corrected chi connectivity index (χ0v) is 12.9. The normalized spacial score (nSPS) is 29.9. The average Bonchev–Trinajstić information content (AvgIpc) is 2.39. The van der Waals surface area contributed by atoms with Crippen LogP contribution in [0.3, 0.4) is 0 Å². The highest BCUT2D eigenvalue weighted by Crippen LogP contribution is 2.15. The van der Waals surface area contributed by atoms with E-state index >= 15 is 0 Å². The van der Waals surface area contributed by atoms with Crippen molar-refractivity contribution in [1.29, 1.82) is 0 Å². The minimum atomic E-state index is 0.130. The van der Waals surface area contributed by atoms with Gasteiger partial charge in [-0.3, -0.25) is 4.79 Å². The van der Waals surface area contributed by atoms with Crippen LogP contribution in [-0.4, -0.2) is 62.3 Å². The second-order valence-corrected chi connectivity index (χ2v) is 6.41. The quantitative estimate of drug-likeness (QED) is 0.776. The predicted octanol–water partition coefficient (Wildman–Crippen LogP) is 0.602. The number of amides is 1. The molecule has 2 aliphatic rings. The Balaban J connectivity index is 1.65. The Bertz CT molecular complexity index is 305. The fourth-order valence-corrected chi connectivity index (χ4v) is 3.19. The molecule has 0 aliphatic carbocycles. The summed E-state index contributed by atoms with van der Waals surface area (Å²) in [6, 6.07) is 0.392. The van der Waals surface area contributed by atoms with Gasteiger partial charge in [-0.2, -0.15) is 0 Å². The van der Waals surface area contributed by atoms with Gasteiger partial charge in [0.25, 0.3) is 0 Å². The molecule has 0 aromatic carbocycles. The van der Waals surface area contributed by atoms with E-state index in [0.29, 0.717) is 13.0 Å². The molecule has 0 bridgehead atoms. The van der Waals surface area contributed by atoms with Crippen LogP contribution in [0.4, 0.5) is 0 Å². The summed E-state index contributed by atoms with van der Waals surface area (Å²) in [4.78, 5) is 14.5. The minimum Gasteiger partial charge on any atom is -0.378 e. The van der Waals surface area contributed by atoms with Gasteiger partial charge in [0.1, 0.15) is 0 Å². The van der Waals surface area contributed by atoms with Crippen molar-refractivity contribution in [2.75, 3.05) is 39.4 Å². The largest absolute Gasteiger partial charge is 0.378 e. The maximum absolute atomic E-state index is 12.0. The van der Waals surface area contributed by atoms with E-state index in [-0.39, 0.29) is 18.0 Å². The molecule has 0 aromatic rings. The summed E-state index contributed by atoms with van der Waals surface area (Å²) in [5.41, 5.74) is 0. The van der Waals surface area contributed by atoms with Crippen LogP contribution in [0.25, 0.3) is 0 Å². The number of ether oxygens (including phenoxy) is 1. The Morgan fingerprint density at radius 2 is 2.40 bits per heavy atom. The average molecular weight is 283 g/mol. The number of morpholine rings is 1. The van der Waals surface area contributed by atoms with Crippen LogP contribution in [0.1, 0.15) is 33.1 Å². The summed E-state index contributed by atoms with van der Waals surface area (Å²) in [6.07, 6.45) is 3.14. The van der Waals surface area contributed by atoms with Gasteiger partial charge in [0.05, 0.1) is 13.2 Å². The lowest BCUT2D eigenvalue weighted by molar-refractivity contribution is -0.123. The number of rotatable bonds is 5. The topological polar surface area (TPSA) is 53.6 Å². The number of nitrogens with one attached hydrogen (secondary N) is 2. The molecule has 2 heterocycles. The lowest BCUT2D eigenvalue weighted by atomic mass is 10.00. The zero-order chi connectivity index (χ0) is 14.4. The van der Waals surface area contributed by atoms with E-state index in [1.807, 2.05) is 0 Å². The first-order valence-electron chi connectivity index (χ1n) is 7.96. The molecule has 0 aromatic heterocycles. The van der Waals surface area contributed by atoms with Gasteiger partial charge in [-0.1, -0.05) is 6.92 Å². The van der Waals surface area contributed by atoms with Gasteiger partial charge in [-0.05, 0) is 32.2 Å². The van der Waals surface area contributed by atoms with Crippen LogP contribution in [0, 0.1) is 5.92 Å². The Kier molecular flexibility index (Phi) is 6.26. The van der Waals surface area contributed by atoms with E-state index < -0.39 is 0 Å². The van der Waals surface area contributed by atoms with Crippen molar-refractivity contribution < 1.29 is 9.53 Å². The van der Waals surface area contributed by atoms with E-state index in [2.05, 4.69) is 29.4 Å². The number of hydrogen-bond donors (Lipinski definition) is 2.